The van der Waals surface area contributed by atoms with E-state index in [1.54, 1.807) is 12.1 Å². The highest BCUT2D eigenvalue weighted by Crippen LogP contribution is 2.21. The van der Waals surface area contributed by atoms with E-state index in [4.69, 9.17) is 0 Å². The monoisotopic (exact) mass is 317 g/mol. The molecule has 0 saturated carbocycles. The molecule has 2 N–H and O–H groups in total. The summed E-state index contributed by atoms with van der Waals surface area (Å²) in [5.74, 6) is -0.227. The fourth-order valence-electron chi connectivity index (χ4n) is 1.82. The Morgan fingerprint density at radius 3 is 2.73 bits per heavy atom. The first-order valence-corrected chi connectivity index (χ1v) is 7.94. The molecule has 0 aliphatic carbocycles. The Balaban J connectivity index is 1.85. The van der Waals surface area contributed by atoms with Crippen molar-refractivity contribution in [3.05, 3.63) is 46.5 Å². The number of aromatic nitrogens is 1. The number of anilines is 1. The molecule has 0 radical (unpaired) electrons. The maximum absolute atomic E-state index is 11.9. The summed E-state index contributed by atoms with van der Waals surface area (Å²) in [4.78, 5) is 28.1. The summed E-state index contributed by atoms with van der Waals surface area (Å²) in [5.41, 5.74) is 2.49. The zero-order chi connectivity index (χ0) is 16.1. The number of hydrogen-bond acceptors (Lipinski definition) is 4. The molecule has 1 aromatic heterocycles. The van der Waals surface area contributed by atoms with Crippen molar-refractivity contribution in [2.75, 3.05) is 11.9 Å². The molecule has 2 aromatic rings. The standard InChI is InChI=1S/C16H19N3O2S/c1-10(2)13-9-22-16(18-13)19-14(20)8-17-15(21)12-6-4-5-11(3)7-12/h4-7,9-10H,8H2,1-3H3,(H,17,21)(H,18,19,20). The summed E-state index contributed by atoms with van der Waals surface area (Å²) in [6.45, 7) is 5.92. The smallest absolute Gasteiger partial charge is 0.251 e. The number of aryl methyl sites for hydroxylation is 1. The Kier molecular flexibility index (Phi) is 5.27. The van der Waals surface area contributed by atoms with Crippen LogP contribution in [0.4, 0.5) is 5.13 Å². The van der Waals surface area contributed by atoms with Gasteiger partial charge in [-0.3, -0.25) is 9.59 Å². The number of hydrogen-bond donors (Lipinski definition) is 2. The molecule has 6 heteroatoms. The minimum atomic E-state index is -0.286. The lowest BCUT2D eigenvalue weighted by Crippen LogP contribution is -2.32. The molecule has 0 unspecified atom stereocenters. The normalized spacial score (nSPS) is 10.5. The van der Waals surface area contributed by atoms with Gasteiger partial charge in [-0.05, 0) is 25.0 Å². The number of carbonyl (C=O) groups is 2. The predicted molar refractivity (Wildman–Crippen MR) is 88.3 cm³/mol. The van der Waals surface area contributed by atoms with E-state index < -0.39 is 0 Å². The second kappa shape index (κ2) is 7.17. The van der Waals surface area contributed by atoms with Crippen LogP contribution in [0.1, 0.15) is 41.4 Å². The van der Waals surface area contributed by atoms with Crippen LogP contribution < -0.4 is 10.6 Å². The lowest BCUT2D eigenvalue weighted by molar-refractivity contribution is -0.115. The summed E-state index contributed by atoms with van der Waals surface area (Å²) in [6, 6.07) is 7.23. The van der Waals surface area contributed by atoms with Gasteiger partial charge >= 0.3 is 0 Å². The largest absolute Gasteiger partial charge is 0.343 e. The van der Waals surface area contributed by atoms with Crippen LogP contribution in [-0.4, -0.2) is 23.3 Å². The van der Waals surface area contributed by atoms with E-state index in [1.165, 1.54) is 11.3 Å². The number of amides is 2. The second-order valence-electron chi connectivity index (χ2n) is 5.33. The first kappa shape index (κ1) is 16.2. The Morgan fingerprint density at radius 1 is 1.32 bits per heavy atom. The molecular weight excluding hydrogens is 298 g/mol. The number of benzene rings is 1. The topological polar surface area (TPSA) is 71.1 Å². The van der Waals surface area contributed by atoms with Crippen molar-refractivity contribution in [2.24, 2.45) is 0 Å². The highest BCUT2D eigenvalue weighted by molar-refractivity contribution is 7.13. The molecule has 0 saturated heterocycles. The van der Waals surface area contributed by atoms with Crippen LogP contribution in [0.2, 0.25) is 0 Å². The van der Waals surface area contributed by atoms with E-state index in [0.29, 0.717) is 16.6 Å². The Bertz CT molecular complexity index is 680. The van der Waals surface area contributed by atoms with Gasteiger partial charge in [0.25, 0.3) is 5.91 Å². The van der Waals surface area contributed by atoms with Crippen molar-refractivity contribution < 1.29 is 9.59 Å². The zero-order valence-corrected chi connectivity index (χ0v) is 13.7. The van der Waals surface area contributed by atoms with Crippen LogP contribution in [0.5, 0.6) is 0 Å². The molecule has 1 heterocycles. The first-order valence-electron chi connectivity index (χ1n) is 7.06. The molecule has 5 nitrogen and oxygen atoms in total. The van der Waals surface area contributed by atoms with Crippen LogP contribution in [0.3, 0.4) is 0 Å². The highest BCUT2D eigenvalue weighted by atomic mass is 32.1. The molecule has 0 aliphatic rings. The molecule has 0 spiro atoms. The van der Waals surface area contributed by atoms with Crippen molar-refractivity contribution in [2.45, 2.75) is 26.7 Å². The van der Waals surface area contributed by atoms with Gasteiger partial charge < -0.3 is 10.6 Å². The van der Waals surface area contributed by atoms with Crippen molar-refractivity contribution in [1.29, 1.82) is 0 Å². The van der Waals surface area contributed by atoms with Crippen LogP contribution in [-0.2, 0) is 4.79 Å². The van der Waals surface area contributed by atoms with Gasteiger partial charge in [0, 0.05) is 10.9 Å². The van der Waals surface area contributed by atoms with E-state index >= 15 is 0 Å². The summed E-state index contributed by atoms with van der Waals surface area (Å²) in [5, 5.41) is 7.77. The summed E-state index contributed by atoms with van der Waals surface area (Å²) >= 11 is 1.38. The van der Waals surface area contributed by atoms with Crippen molar-refractivity contribution in [1.82, 2.24) is 10.3 Å². The summed E-state index contributed by atoms with van der Waals surface area (Å²) in [7, 11) is 0. The van der Waals surface area contributed by atoms with Crippen molar-refractivity contribution in [3.63, 3.8) is 0 Å². The molecule has 0 fully saturated rings. The van der Waals surface area contributed by atoms with Gasteiger partial charge in [-0.1, -0.05) is 31.5 Å². The molecule has 1 aromatic carbocycles. The molecule has 2 amide bonds. The van der Waals surface area contributed by atoms with E-state index in [0.717, 1.165) is 11.3 Å². The molecule has 116 valence electrons. The Morgan fingerprint density at radius 2 is 2.09 bits per heavy atom. The SMILES string of the molecule is Cc1cccc(C(=O)NCC(=O)Nc2nc(C(C)C)cs2)c1. The minimum absolute atomic E-state index is 0.0800. The predicted octanol–water partition coefficient (Wildman–Crippen LogP) is 2.94. The van der Waals surface area contributed by atoms with E-state index in [1.807, 2.05) is 38.3 Å². The molecule has 2 rings (SSSR count). The lowest BCUT2D eigenvalue weighted by atomic mass is 10.1. The highest BCUT2D eigenvalue weighted by Gasteiger charge is 2.11. The summed E-state index contributed by atoms with van der Waals surface area (Å²) in [6.07, 6.45) is 0. The third-order valence-corrected chi connectivity index (χ3v) is 3.83. The van der Waals surface area contributed by atoms with E-state index in [2.05, 4.69) is 15.6 Å². The molecular formula is C16H19N3O2S. The van der Waals surface area contributed by atoms with Crippen LogP contribution in [0, 0.1) is 6.92 Å². The number of rotatable bonds is 5. The number of nitrogens with one attached hydrogen (secondary N) is 2. The fraction of sp³-hybridized carbons (Fsp3) is 0.312. The zero-order valence-electron chi connectivity index (χ0n) is 12.8. The minimum Gasteiger partial charge on any atom is -0.343 e. The van der Waals surface area contributed by atoms with Gasteiger partial charge in [0.2, 0.25) is 5.91 Å². The fourth-order valence-corrected chi connectivity index (χ4v) is 2.71. The molecule has 22 heavy (non-hydrogen) atoms. The van der Waals surface area contributed by atoms with Gasteiger partial charge in [0.1, 0.15) is 0 Å². The maximum Gasteiger partial charge on any atom is 0.251 e. The van der Waals surface area contributed by atoms with Crippen LogP contribution in [0.25, 0.3) is 0 Å². The van der Waals surface area contributed by atoms with E-state index in [-0.39, 0.29) is 18.4 Å². The van der Waals surface area contributed by atoms with Crippen molar-refractivity contribution >= 4 is 28.3 Å². The van der Waals surface area contributed by atoms with Gasteiger partial charge in [-0.25, -0.2) is 4.98 Å². The molecule has 0 aliphatic heterocycles. The Hall–Kier alpha value is -2.21. The quantitative estimate of drug-likeness (QED) is 0.890. The van der Waals surface area contributed by atoms with Crippen LogP contribution in [0.15, 0.2) is 29.6 Å². The van der Waals surface area contributed by atoms with Gasteiger partial charge in [0.05, 0.1) is 12.2 Å². The van der Waals surface area contributed by atoms with E-state index in [9.17, 15) is 9.59 Å². The Labute approximate surface area is 133 Å². The molecule has 0 atom stereocenters. The third-order valence-electron chi connectivity index (χ3n) is 3.05. The lowest BCUT2D eigenvalue weighted by Gasteiger charge is -2.06. The van der Waals surface area contributed by atoms with Gasteiger partial charge in [-0.15, -0.1) is 11.3 Å². The third kappa shape index (κ3) is 4.39. The van der Waals surface area contributed by atoms with Crippen molar-refractivity contribution in [3.8, 4) is 0 Å². The number of carbonyl (C=O) groups excluding carboxylic acids is 2. The number of nitrogens with zero attached hydrogens (tertiary/aromatic N) is 1. The molecule has 0 bridgehead atoms. The maximum atomic E-state index is 11.9. The van der Waals surface area contributed by atoms with Crippen LogP contribution >= 0.6 is 11.3 Å². The summed E-state index contributed by atoms with van der Waals surface area (Å²) < 4.78 is 0. The first-order chi connectivity index (χ1) is 10.5. The van der Waals surface area contributed by atoms with Gasteiger partial charge in [-0.2, -0.15) is 0 Å². The average molecular weight is 317 g/mol. The van der Waals surface area contributed by atoms with Gasteiger partial charge in [0.15, 0.2) is 5.13 Å². The average Bonchev–Trinajstić information content (AvgIpc) is 2.93. The number of thiazole rings is 1. The second-order valence-corrected chi connectivity index (χ2v) is 6.19.